The Morgan fingerprint density at radius 1 is 1.50 bits per heavy atom. The monoisotopic (exact) mass is 226 g/mol. The molecule has 1 saturated carbocycles. The fraction of sp³-hybridized carbons (Fsp3) is 0.917. The van der Waals surface area contributed by atoms with Crippen LogP contribution in [0.4, 0.5) is 0 Å². The number of rotatable bonds is 3. The number of aliphatic hydroxyl groups is 1. The van der Waals surface area contributed by atoms with Crippen molar-refractivity contribution in [3.05, 3.63) is 0 Å². The van der Waals surface area contributed by atoms with Gasteiger partial charge >= 0.3 is 0 Å². The number of carbonyl (C=O) groups is 1. The Morgan fingerprint density at radius 3 is 2.88 bits per heavy atom. The second-order valence-corrected chi connectivity index (χ2v) is 5.41. The Bertz CT molecular complexity index is 270. The molecule has 0 radical (unpaired) electrons. The van der Waals surface area contributed by atoms with Gasteiger partial charge in [-0.2, -0.15) is 0 Å². The zero-order valence-electron chi connectivity index (χ0n) is 9.93. The highest BCUT2D eigenvalue weighted by atomic mass is 16.3. The molecule has 2 fully saturated rings. The average Bonchev–Trinajstić information content (AvgIpc) is 2.81. The van der Waals surface area contributed by atoms with Crippen molar-refractivity contribution in [2.24, 2.45) is 23.5 Å². The maximum absolute atomic E-state index is 11.9. The van der Waals surface area contributed by atoms with Gasteiger partial charge in [0.1, 0.15) is 0 Å². The number of hydrogen-bond donors (Lipinski definition) is 2. The predicted molar refractivity (Wildman–Crippen MR) is 61.6 cm³/mol. The molecule has 2 rings (SSSR count). The lowest BCUT2D eigenvalue weighted by Gasteiger charge is -2.20. The van der Waals surface area contributed by atoms with Gasteiger partial charge in [-0.15, -0.1) is 0 Å². The Balaban J connectivity index is 1.87. The Kier molecular flexibility index (Phi) is 3.50. The summed E-state index contributed by atoms with van der Waals surface area (Å²) in [5.74, 6) is 1.33. The van der Waals surface area contributed by atoms with Gasteiger partial charge in [-0.05, 0) is 31.2 Å². The molecule has 1 heterocycles. The van der Waals surface area contributed by atoms with E-state index in [9.17, 15) is 9.90 Å². The van der Waals surface area contributed by atoms with Crippen molar-refractivity contribution in [3.63, 3.8) is 0 Å². The van der Waals surface area contributed by atoms with E-state index in [2.05, 4.69) is 0 Å². The lowest BCUT2D eigenvalue weighted by Crippen LogP contribution is -2.33. The maximum atomic E-state index is 11.9. The molecule has 0 spiro atoms. The molecule has 1 amide bonds. The van der Waals surface area contributed by atoms with Crippen molar-refractivity contribution in [2.75, 3.05) is 19.6 Å². The number of likely N-dealkylation sites (tertiary alicyclic amines) is 1. The maximum Gasteiger partial charge on any atom is 0.222 e. The van der Waals surface area contributed by atoms with Crippen LogP contribution in [0.15, 0.2) is 0 Å². The van der Waals surface area contributed by atoms with E-state index >= 15 is 0 Å². The molecule has 4 nitrogen and oxygen atoms in total. The molecule has 3 N–H and O–H groups in total. The van der Waals surface area contributed by atoms with Crippen LogP contribution < -0.4 is 5.73 Å². The minimum atomic E-state index is -0.185. The van der Waals surface area contributed by atoms with Gasteiger partial charge in [0, 0.05) is 25.4 Å². The van der Waals surface area contributed by atoms with E-state index in [1.54, 1.807) is 0 Å². The number of hydrogen-bond acceptors (Lipinski definition) is 3. The molecule has 4 unspecified atom stereocenters. The minimum Gasteiger partial charge on any atom is -0.393 e. The molecule has 4 heteroatoms. The molecule has 0 aromatic heterocycles. The van der Waals surface area contributed by atoms with E-state index in [0.29, 0.717) is 24.8 Å². The van der Waals surface area contributed by atoms with Gasteiger partial charge in [0.2, 0.25) is 5.91 Å². The van der Waals surface area contributed by atoms with E-state index in [1.165, 1.54) is 0 Å². The summed E-state index contributed by atoms with van der Waals surface area (Å²) < 4.78 is 0. The number of aliphatic hydroxyl groups excluding tert-OH is 1. The predicted octanol–water partition coefficient (Wildman–Crippen LogP) is 0.201. The number of carbonyl (C=O) groups excluding carboxylic acids is 1. The van der Waals surface area contributed by atoms with Crippen LogP contribution in [0.2, 0.25) is 0 Å². The standard InChI is InChI=1S/C12H22N2O2/c1-8(5-13)4-12(16)14-6-9-2-3-11(15)10(9)7-14/h8-11,15H,2-7,13H2,1H3. The lowest BCUT2D eigenvalue weighted by molar-refractivity contribution is -0.131. The zero-order valence-corrected chi connectivity index (χ0v) is 9.93. The first-order valence-corrected chi connectivity index (χ1v) is 6.27. The fourth-order valence-electron chi connectivity index (χ4n) is 2.95. The Labute approximate surface area is 96.8 Å². The van der Waals surface area contributed by atoms with E-state index in [-0.39, 0.29) is 17.9 Å². The molecule has 16 heavy (non-hydrogen) atoms. The van der Waals surface area contributed by atoms with Crippen molar-refractivity contribution < 1.29 is 9.90 Å². The van der Waals surface area contributed by atoms with E-state index in [1.807, 2.05) is 11.8 Å². The van der Waals surface area contributed by atoms with E-state index in [4.69, 9.17) is 5.73 Å². The summed E-state index contributed by atoms with van der Waals surface area (Å²) in [6, 6.07) is 0. The molecule has 1 saturated heterocycles. The largest absolute Gasteiger partial charge is 0.393 e. The quantitative estimate of drug-likeness (QED) is 0.722. The number of fused-ring (bicyclic) bond motifs is 1. The fourth-order valence-corrected chi connectivity index (χ4v) is 2.95. The Hall–Kier alpha value is -0.610. The third-order valence-electron chi connectivity index (χ3n) is 4.10. The minimum absolute atomic E-state index is 0.185. The molecular formula is C12H22N2O2. The van der Waals surface area contributed by atoms with Crippen LogP contribution >= 0.6 is 0 Å². The molecule has 0 bridgehead atoms. The topological polar surface area (TPSA) is 66.6 Å². The van der Waals surface area contributed by atoms with Gasteiger partial charge < -0.3 is 15.7 Å². The molecular weight excluding hydrogens is 204 g/mol. The summed E-state index contributed by atoms with van der Waals surface area (Å²) in [7, 11) is 0. The van der Waals surface area contributed by atoms with E-state index < -0.39 is 0 Å². The smallest absolute Gasteiger partial charge is 0.222 e. The summed E-state index contributed by atoms with van der Waals surface area (Å²) in [5, 5.41) is 9.77. The third-order valence-corrected chi connectivity index (χ3v) is 4.10. The first-order chi connectivity index (χ1) is 7.61. The van der Waals surface area contributed by atoms with Gasteiger partial charge in [0.25, 0.3) is 0 Å². The van der Waals surface area contributed by atoms with Crippen LogP contribution in [0.1, 0.15) is 26.2 Å². The van der Waals surface area contributed by atoms with Gasteiger partial charge in [0.05, 0.1) is 6.10 Å². The number of nitrogens with two attached hydrogens (primary N) is 1. The van der Waals surface area contributed by atoms with Crippen LogP contribution in [0.25, 0.3) is 0 Å². The van der Waals surface area contributed by atoms with E-state index in [0.717, 1.165) is 25.9 Å². The van der Waals surface area contributed by atoms with Crippen molar-refractivity contribution in [1.29, 1.82) is 0 Å². The molecule has 0 aromatic carbocycles. The van der Waals surface area contributed by atoms with Gasteiger partial charge in [-0.25, -0.2) is 0 Å². The lowest BCUT2D eigenvalue weighted by atomic mass is 10.00. The summed E-state index contributed by atoms with van der Waals surface area (Å²) >= 11 is 0. The van der Waals surface area contributed by atoms with Crippen molar-refractivity contribution in [2.45, 2.75) is 32.3 Å². The molecule has 4 atom stereocenters. The van der Waals surface area contributed by atoms with Gasteiger partial charge in [-0.3, -0.25) is 4.79 Å². The van der Waals surface area contributed by atoms with Crippen LogP contribution in [-0.4, -0.2) is 41.7 Å². The molecule has 1 aliphatic carbocycles. The first-order valence-electron chi connectivity index (χ1n) is 6.27. The summed E-state index contributed by atoms with van der Waals surface area (Å²) in [6.45, 7) is 4.17. The van der Waals surface area contributed by atoms with Crippen molar-refractivity contribution in [1.82, 2.24) is 4.90 Å². The van der Waals surface area contributed by atoms with Crippen LogP contribution in [-0.2, 0) is 4.79 Å². The average molecular weight is 226 g/mol. The molecule has 2 aliphatic rings. The SMILES string of the molecule is CC(CN)CC(=O)N1CC2CCC(O)C2C1. The number of nitrogens with zero attached hydrogens (tertiary/aromatic N) is 1. The molecule has 92 valence electrons. The van der Waals surface area contributed by atoms with Crippen LogP contribution in [0.3, 0.4) is 0 Å². The van der Waals surface area contributed by atoms with Crippen LogP contribution in [0, 0.1) is 17.8 Å². The highest BCUT2D eigenvalue weighted by molar-refractivity contribution is 5.76. The third kappa shape index (κ3) is 2.23. The second kappa shape index (κ2) is 4.72. The summed E-state index contributed by atoms with van der Waals surface area (Å²) in [6.07, 6.45) is 2.35. The zero-order chi connectivity index (χ0) is 11.7. The van der Waals surface area contributed by atoms with Crippen molar-refractivity contribution >= 4 is 5.91 Å². The second-order valence-electron chi connectivity index (χ2n) is 5.41. The van der Waals surface area contributed by atoms with Crippen molar-refractivity contribution in [3.8, 4) is 0 Å². The van der Waals surface area contributed by atoms with Gasteiger partial charge in [0.15, 0.2) is 0 Å². The highest BCUT2D eigenvalue weighted by Gasteiger charge is 2.43. The summed E-state index contributed by atoms with van der Waals surface area (Å²) in [4.78, 5) is 13.9. The van der Waals surface area contributed by atoms with Crippen LogP contribution in [0.5, 0.6) is 0 Å². The normalized spacial score (nSPS) is 35.2. The molecule has 1 aliphatic heterocycles. The molecule has 0 aromatic rings. The highest BCUT2D eigenvalue weighted by Crippen LogP contribution is 2.38. The first kappa shape index (κ1) is 11.9. The van der Waals surface area contributed by atoms with Gasteiger partial charge in [-0.1, -0.05) is 6.92 Å². The summed E-state index contributed by atoms with van der Waals surface area (Å²) in [5.41, 5.74) is 5.52. The number of amides is 1. The Morgan fingerprint density at radius 2 is 2.25 bits per heavy atom.